The van der Waals surface area contributed by atoms with E-state index < -0.39 is 0 Å². The zero-order valence-electron chi connectivity index (χ0n) is 15.2. The summed E-state index contributed by atoms with van der Waals surface area (Å²) in [5.74, 6) is 1.13. The van der Waals surface area contributed by atoms with Gasteiger partial charge in [-0.15, -0.1) is 0 Å². The molecule has 1 saturated carbocycles. The summed E-state index contributed by atoms with van der Waals surface area (Å²) in [4.78, 5) is 13.2. The minimum absolute atomic E-state index is 0.299. The fraction of sp³-hybridized carbons (Fsp3) is 0.842. The summed E-state index contributed by atoms with van der Waals surface area (Å²) in [5.41, 5.74) is 1.23. The van der Waals surface area contributed by atoms with E-state index in [-0.39, 0.29) is 0 Å². The van der Waals surface area contributed by atoms with Crippen molar-refractivity contribution in [3.63, 3.8) is 0 Å². The molecule has 0 bridgehead atoms. The lowest BCUT2D eigenvalue weighted by Gasteiger charge is -2.44. The molecular formula is C19H34N4O. The highest BCUT2D eigenvalue weighted by Gasteiger charge is 2.33. The largest absolute Gasteiger partial charge is 0.396 e. The standard InChI is InChI=1S/C19H34N4O/c1-2-3-8-19-20-13-16(21-19)14-22-10-11-23(17-6-4-5-7-17)18(15-22)9-12-24/h13,17-18,24H,2-12,14-15H2,1H3,(H,20,21)/t18-/m0/s1. The van der Waals surface area contributed by atoms with Gasteiger partial charge in [-0.3, -0.25) is 9.80 Å². The smallest absolute Gasteiger partial charge is 0.106 e. The van der Waals surface area contributed by atoms with Crippen molar-refractivity contribution in [3.05, 3.63) is 17.7 Å². The first kappa shape index (κ1) is 17.9. The zero-order valence-corrected chi connectivity index (χ0v) is 15.2. The minimum Gasteiger partial charge on any atom is -0.396 e. The summed E-state index contributed by atoms with van der Waals surface area (Å²) in [5, 5.41) is 9.48. The molecule has 1 aliphatic heterocycles. The van der Waals surface area contributed by atoms with E-state index in [1.807, 2.05) is 6.20 Å². The molecule has 0 radical (unpaired) electrons. The van der Waals surface area contributed by atoms with Crippen molar-refractivity contribution in [2.24, 2.45) is 0 Å². The molecule has 1 aromatic heterocycles. The predicted molar refractivity (Wildman–Crippen MR) is 96.9 cm³/mol. The summed E-state index contributed by atoms with van der Waals surface area (Å²) in [6, 6.07) is 1.27. The summed E-state index contributed by atoms with van der Waals surface area (Å²) in [7, 11) is 0. The Kier molecular flexibility index (Phi) is 6.69. The first-order valence-electron chi connectivity index (χ1n) is 9.92. The SMILES string of the molecule is CCCCc1ncc(CN2CCN(C3CCCC3)[C@@H](CCO)C2)[nH]1. The number of nitrogens with one attached hydrogen (secondary N) is 1. The molecule has 2 N–H and O–H groups in total. The molecule has 5 heteroatoms. The third kappa shape index (κ3) is 4.58. The summed E-state index contributed by atoms with van der Waals surface area (Å²) >= 11 is 0. The Morgan fingerprint density at radius 1 is 1.29 bits per heavy atom. The van der Waals surface area contributed by atoms with Crippen molar-refractivity contribution in [1.82, 2.24) is 19.8 Å². The second-order valence-corrected chi connectivity index (χ2v) is 7.54. The molecule has 0 spiro atoms. The Labute approximate surface area is 146 Å². The van der Waals surface area contributed by atoms with Crippen LogP contribution in [0.25, 0.3) is 0 Å². The molecule has 1 aliphatic carbocycles. The van der Waals surface area contributed by atoms with Gasteiger partial charge in [0.2, 0.25) is 0 Å². The molecule has 1 aromatic rings. The molecule has 2 fully saturated rings. The van der Waals surface area contributed by atoms with Crippen molar-refractivity contribution in [2.75, 3.05) is 26.2 Å². The van der Waals surface area contributed by atoms with Gasteiger partial charge < -0.3 is 10.1 Å². The van der Waals surface area contributed by atoms with E-state index in [1.54, 1.807) is 0 Å². The van der Waals surface area contributed by atoms with Crippen LogP contribution in [0.2, 0.25) is 0 Å². The van der Waals surface area contributed by atoms with Crippen LogP contribution in [0.1, 0.15) is 63.4 Å². The molecule has 0 unspecified atom stereocenters. The van der Waals surface area contributed by atoms with Crippen LogP contribution in [-0.4, -0.2) is 63.2 Å². The monoisotopic (exact) mass is 334 g/mol. The Morgan fingerprint density at radius 3 is 2.88 bits per heavy atom. The highest BCUT2D eigenvalue weighted by Crippen LogP contribution is 2.28. The van der Waals surface area contributed by atoms with Crippen molar-refractivity contribution in [1.29, 1.82) is 0 Å². The van der Waals surface area contributed by atoms with Gasteiger partial charge in [0, 0.05) is 63.2 Å². The number of aliphatic hydroxyl groups is 1. The van der Waals surface area contributed by atoms with Crippen LogP contribution in [0.5, 0.6) is 0 Å². The molecule has 0 aromatic carbocycles. The first-order chi connectivity index (χ1) is 11.8. The minimum atomic E-state index is 0.299. The fourth-order valence-corrected chi connectivity index (χ4v) is 4.40. The van der Waals surface area contributed by atoms with Gasteiger partial charge in [-0.25, -0.2) is 4.98 Å². The quantitative estimate of drug-likeness (QED) is 0.767. The van der Waals surface area contributed by atoms with Crippen molar-refractivity contribution in [3.8, 4) is 0 Å². The number of hydrogen-bond acceptors (Lipinski definition) is 4. The average Bonchev–Trinajstić information content (AvgIpc) is 3.25. The Bertz CT molecular complexity index is 483. The number of imidazole rings is 1. The van der Waals surface area contributed by atoms with E-state index in [4.69, 9.17) is 0 Å². The van der Waals surface area contributed by atoms with Gasteiger partial charge in [-0.2, -0.15) is 0 Å². The lowest BCUT2D eigenvalue weighted by atomic mass is 10.0. The maximum atomic E-state index is 9.48. The number of aliphatic hydroxyl groups excluding tert-OH is 1. The molecule has 24 heavy (non-hydrogen) atoms. The lowest BCUT2D eigenvalue weighted by Crippen LogP contribution is -2.56. The number of rotatable bonds is 8. The molecule has 3 rings (SSSR count). The number of piperazine rings is 1. The normalized spacial score (nSPS) is 24.0. The van der Waals surface area contributed by atoms with Crippen molar-refractivity contribution >= 4 is 0 Å². The Morgan fingerprint density at radius 2 is 2.12 bits per heavy atom. The molecule has 0 amide bonds. The van der Waals surface area contributed by atoms with Crippen LogP contribution in [-0.2, 0) is 13.0 Å². The number of aromatic nitrogens is 2. The third-order valence-electron chi connectivity index (χ3n) is 5.71. The van der Waals surface area contributed by atoms with E-state index in [2.05, 4.69) is 26.7 Å². The summed E-state index contributed by atoms with van der Waals surface area (Å²) in [6.07, 6.45) is 11.8. The lowest BCUT2D eigenvalue weighted by molar-refractivity contribution is 0.0263. The van der Waals surface area contributed by atoms with Crippen LogP contribution < -0.4 is 0 Å². The topological polar surface area (TPSA) is 55.4 Å². The van der Waals surface area contributed by atoms with Gasteiger partial charge in [0.25, 0.3) is 0 Å². The van der Waals surface area contributed by atoms with Gasteiger partial charge >= 0.3 is 0 Å². The second kappa shape index (κ2) is 8.97. The molecule has 5 nitrogen and oxygen atoms in total. The number of H-pyrrole nitrogens is 1. The number of aryl methyl sites for hydroxylation is 1. The van der Waals surface area contributed by atoms with Crippen LogP contribution in [0.4, 0.5) is 0 Å². The highest BCUT2D eigenvalue weighted by atomic mass is 16.3. The third-order valence-corrected chi connectivity index (χ3v) is 5.71. The van der Waals surface area contributed by atoms with Crippen molar-refractivity contribution < 1.29 is 5.11 Å². The molecule has 1 atom stereocenters. The number of aromatic amines is 1. The fourth-order valence-electron chi connectivity index (χ4n) is 4.40. The van der Waals surface area contributed by atoms with E-state index in [9.17, 15) is 5.11 Å². The Hall–Kier alpha value is -0.910. The van der Waals surface area contributed by atoms with Gasteiger partial charge in [0.05, 0.1) is 0 Å². The molecule has 1 saturated heterocycles. The van der Waals surface area contributed by atoms with Crippen LogP contribution >= 0.6 is 0 Å². The maximum absolute atomic E-state index is 9.48. The number of nitrogens with zero attached hydrogens (tertiary/aromatic N) is 3. The number of hydrogen-bond donors (Lipinski definition) is 2. The van der Waals surface area contributed by atoms with Gasteiger partial charge in [0.15, 0.2) is 0 Å². The van der Waals surface area contributed by atoms with E-state index in [0.717, 1.165) is 50.9 Å². The van der Waals surface area contributed by atoms with Gasteiger partial charge in [-0.05, 0) is 25.7 Å². The number of unbranched alkanes of at least 4 members (excludes halogenated alkanes) is 1. The Balaban J connectivity index is 1.54. The van der Waals surface area contributed by atoms with E-state index in [0.29, 0.717) is 12.6 Å². The molecule has 2 aliphatic rings. The predicted octanol–water partition coefficient (Wildman–Crippen LogP) is 2.56. The zero-order chi connectivity index (χ0) is 16.8. The van der Waals surface area contributed by atoms with Crippen LogP contribution in [0.15, 0.2) is 6.20 Å². The highest BCUT2D eigenvalue weighted by molar-refractivity contribution is 5.02. The first-order valence-corrected chi connectivity index (χ1v) is 9.92. The molecular weight excluding hydrogens is 300 g/mol. The van der Waals surface area contributed by atoms with E-state index in [1.165, 1.54) is 44.2 Å². The molecule has 136 valence electrons. The summed E-state index contributed by atoms with van der Waals surface area (Å²) in [6.45, 7) is 6.82. The van der Waals surface area contributed by atoms with E-state index >= 15 is 0 Å². The van der Waals surface area contributed by atoms with Crippen LogP contribution in [0.3, 0.4) is 0 Å². The second-order valence-electron chi connectivity index (χ2n) is 7.54. The van der Waals surface area contributed by atoms with Crippen molar-refractivity contribution in [2.45, 2.75) is 76.9 Å². The van der Waals surface area contributed by atoms with Gasteiger partial charge in [-0.1, -0.05) is 26.2 Å². The average molecular weight is 335 g/mol. The maximum Gasteiger partial charge on any atom is 0.106 e. The van der Waals surface area contributed by atoms with Gasteiger partial charge in [0.1, 0.15) is 5.82 Å². The summed E-state index contributed by atoms with van der Waals surface area (Å²) < 4.78 is 0. The van der Waals surface area contributed by atoms with Crippen LogP contribution in [0, 0.1) is 0 Å². The molecule has 2 heterocycles.